The van der Waals surface area contributed by atoms with Gasteiger partial charge in [-0.05, 0) is 78.0 Å². The van der Waals surface area contributed by atoms with E-state index in [4.69, 9.17) is 4.98 Å². The molecule has 0 spiro atoms. The van der Waals surface area contributed by atoms with Crippen LogP contribution in [0.3, 0.4) is 0 Å². The first-order valence-electron chi connectivity index (χ1n) is 10.6. The minimum absolute atomic E-state index is 0.0663. The number of thiophene rings is 1. The average Bonchev–Trinajstić information content (AvgIpc) is 3.04. The average molecular weight is 451 g/mol. The number of piperidine rings is 1. The number of anilines is 1. The fourth-order valence-electron chi connectivity index (χ4n) is 4.49. The van der Waals surface area contributed by atoms with E-state index in [-0.39, 0.29) is 16.8 Å². The number of aromatic nitrogens is 2. The molecule has 0 atom stereocenters. The van der Waals surface area contributed by atoms with E-state index in [9.17, 15) is 8.42 Å². The molecule has 6 nitrogen and oxygen atoms in total. The molecular weight excluding hydrogens is 416 g/mol. The lowest BCUT2D eigenvalue weighted by atomic mass is 9.80. The second-order valence-corrected chi connectivity index (χ2v) is 13.2. The zero-order valence-corrected chi connectivity index (χ0v) is 20.3. The maximum atomic E-state index is 11.3. The maximum absolute atomic E-state index is 11.3. The van der Waals surface area contributed by atoms with Crippen LogP contribution in [-0.4, -0.2) is 47.5 Å². The van der Waals surface area contributed by atoms with Crippen molar-refractivity contribution in [2.24, 2.45) is 0 Å². The first kappa shape index (κ1) is 23.2. The normalized spacial score (nSPS) is 19.0. The SMILES string of the molecule is CC1(C)CC(Nc2nccc(-c3ccc(CCCCS(C)(=O)=O)s3)n2)CC(C)(C)N1. The van der Waals surface area contributed by atoms with Gasteiger partial charge in [-0.15, -0.1) is 11.3 Å². The number of hydrogen-bond acceptors (Lipinski definition) is 7. The van der Waals surface area contributed by atoms with E-state index >= 15 is 0 Å². The summed E-state index contributed by atoms with van der Waals surface area (Å²) in [6.07, 6.45) is 7.62. The van der Waals surface area contributed by atoms with Crippen LogP contribution < -0.4 is 10.6 Å². The van der Waals surface area contributed by atoms with E-state index in [0.29, 0.717) is 18.4 Å². The largest absolute Gasteiger partial charge is 0.351 e. The molecule has 166 valence electrons. The highest BCUT2D eigenvalue weighted by molar-refractivity contribution is 7.90. The van der Waals surface area contributed by atoms with E-state index < -0.39 is 9.84 Å². The second kappa shape index (κ2) is 8.93. The van der Waals surface area contributed by atoms with Crippen molar-refractivity contribution >= 4 is 27.1 Å². The molecule has 2 aromatic heterocycles. The Morgan fingerprint density at radius 3 is 2.50 bits per heavy atom. The summed E-state index contributed by atoms with van der Waals surface area (Å²) in [6, 6.07) is 6.48. The van der Waals surface area contributed by atoms with Crippen molar-refractivity contribution in [1.29, 1.82) is 0 Å². The molecule has 0 saturated carbocycles. The summed E-state index contributed by atoms with van der Waals surface area (Å²) < 4.78 is 22.5. The Morgan fingerprint density at radius 1 is 1.13 bits per heavy atom. The molecule has 0 unspecified atom stereocenters. The summed E-state index contributed by atoms with van der Waals surface area (Å²) in [4.78, 5) is 11.6. The van der Waals surface area contributed by atoms with Crippen LogP contribution in [0.4, 0.5) is 5.95 Å². The minimum atomic E-state index is -2.87. The molecule has 0 bridgehead atoms. The lowest BCUT2D eigenvalue weighted by Gasteiger charge is -2.46. The van der Waals surface area contributed by atoms with Gasteiger partial charge in [0.05, 0.1) is 10.6 Å². The highest BCUT2D eigenvalue weighted by Crippen LogP contribution is 2.31. The van der Waals surface area contributed by atoms with Crippen molar-refractivity contribution < 1.29 is 8.42 Å². The monoisotopic (exact) mass is 450 g/mol. The number of aryl methyl sites for hydroxylation is 1. The predicted molar refractivity (Wildman–Crippen MR) is 126 cm³/mol. The molecule has 2 aromatic rings. The topological polar surface area (TPSA) is 84.0 Å². The molecule has 3 rings (SSSR count). The molecule has 2 N–H and O–H groups in total. The molecule has 0 radical (unpaired) electrons. The Balaban J connectivity index is 1.62. The number of sulfone groups is 1. The van der Waals surface area contributed by atoms with Crippen LogP contribution in [0.5, 0.6) is 0 Å². The summed E-state index contributed by atoms with van der Waals surface area (Å²) in [6.45, 7) is 8.96. The first-order chi connectivity index (χ1) is 13.9. The van der Waals surface area contributed by atoms with E-state index in [0.717, 1.165) is 36.3 Å². The van der Waals surface area contributed by atoms with Gasteiger partial charge in [-0.25, -0.2) is 18.4 Å². The molecule has 1 aliphatic heterocycles. The molecule has 0 aliphatic carbocycles. The highest BCUT2D eigenvalue weighted by atomic mass is 32.2. The van der Waals surface area contributed by atoms with Crippen molar-refractivity contribution in [2.75, 3.05) is 17.3 Å². The van der Waals surface area contributed by atoms with Gasteiger partial charge in [-0.1, -0.05) is 0 Å². The third-order valence-corrected chi connectivity index (χ3v) is 7.48. The van der Waals surface area contributed by atoms with Crippen LogP contribution >= 0.6 is 11.3 Å². The van der Waals surface area contributed by atoms with Crippen LogP contribution in [-0.2, 0) is 16.3 Å². The summed E-state index contributed by atoms with van der Waals surface area (Å²) in [5.74, 6) is 0.935. The molecular formula is C22H34N4O2S2. The van der Waals surface area contributed by atoms with Gasteiger partial charge in [0.2, 0.25) is 5.95 Å². The molecule has 1 fully saturated rings. The van der Waals surface area contributed by atoms with Gasteiger partial charge >= 0.3 is 0 Å². The summed E-state index contributed by atoms with van der Waals surface area (Å²) >= 11 is 1.72. The second-order valence-electron chi connectivity index (χ2n) is 9.76. The van der Waals surface area contributed by atoms with Gasteiger partial charge in [-0.3, -0.25) is 0 Å². The molecule has 0 aromatic carbocycles. The molecule has 30 heavy (non-hydrogen) atoms. The Hall–Kier alpha value is -1.51. The smallest absolute Gasteiger partial charge is 0.223 e. The van der Waals surface area contributed by atoms with Crippen LogP contribution in [0, 0.1) is 0 Å². The van der Waals surface area contributed by atoms with Crippen molar-refractivity contribution in [3.63, 3.8) is 0 Å². The number of nitrogens with zero attached hydrogens (tertiary/aromatic N) is 2. The quantitative estimate of drug-likeness (QED) is 0.584. The van der Waals surface area contributed by atoms with E-state index in [2.05, 4.69) is 55.4 Å². The third kappa shape index (κ3) is 7.03. The van der Waals surface area contributed by atoms with Crippen LogP contribution in [0.15, 0.2) is 24.4 Å². The molecule has 1 saturated heterocycles. The van der Waals surface area contributed by atoms with Crippen molar-refractivity contribution in [3.05, 3.63) is 29.3 Å². The van der Waals surface area contributed by atoms with Crippen molar-refractivity contribution in [2.45, 2.75) is 76.9 Å². The Bertz CT molecular complexity index is 951. The molecule has 0 amide bonds. The highest BCUT2D eigenvalue weighted by Gasteiger charge is 2.37. The maximum Gasteiger partial charge on any atom is 0.223 e. The van der Waals surface area contributed by atoms with Gasteiger partial charge in [0.1, 0.15) is 9.84 Å². The Labute approximate surface area is 184 Å². The third-order valence-electron chi connectivity index (χ3n) is 5.28. The minimum Gasteiger partial charge on any atom is -0.351 e. The molecule has 1 aliphatic rings. The summed E-state index contributed by atoms with van der Waals surface area (Å²) in [7, 11) is -2.87. The molecule has 3 heterocycles. The zero-order valence-electron chi connectivity index (χ0n) is 18.7. The first-order valence-corrected chi connectivity index (χ1v) is 13.4. The molecule has 8 heteroatoms. The number of nitrogens with one attached hydrogen (secondary N) is 2. The van der Waals surface area contributed by atoms with Crippen molar-refractivity contribution in [1.82, 2.24) is 15.3 Å². The Kier molecular flexibility index (Phi) is 6.89. The predicted octanol–water partition coefficient (Wildman–Crippen LogP) is 4.29. The van der Waals surface area contributed by atoms with Gasteiger partial charge in [0.15, 0.2) is 0 Å². The van der Waals surface area contributed by atoms with Crippen LogP contribution in [0.2, 0.25) is 0 Å². The fraction of sp³-hybridized carbons (Fsp3) is 0.636. The number of rotatable bonds is 8. The summed E-state index contributed by atoms with van der Waals surface area (Å²) in [5.41, 5.74) is 1.06. The van der Waals surface area contributed by atoms with E-state index in [1.165, 1.54) is 11.1 Å². The van der Waals surface area contributed by atoms with Crippen LogP contribution in [0.25, 0.3) is 10.6 Å². The van der Waals surface area contributed by atoms with E-state index in [1.54, 1.807) is 11.3 Å². The van der Waals surface area contributed by atoms with Gasteiger partial charge in [0.25, 0.3) is 0 Å². The zero-order chi connectivity index (χ0) is 22.0. The number of unbranched alkanes of at least 4 members (excludes halogenated alkanes) is 1. The fourth-order valence-corrected chi connectivity index (χ4v) is 6.23. The van der Waals surface area contributed by atoms with Gasteiger partial charge in [0, 0.05) is 40.2 Å². The van der Waals surface area contributed by atoms with E-state index in [1.807, 2.05) is 12.3 Å². The lowest BCUT2D eigenvalue weighted by molar-refractivity contribution is 0.170. The van der Waals surface area contributed by atoms with Gasteiger partial charge in [-0.2, -0.15) is 0 Å². The van der Waals surface area contributed by atoms with Crippen LogP contribution in [0.1, 0.15) is 58.3 Å². The standard InChI is InChI=1S/C22H34N4O2S2/c1-21(2)14-16(15-22(3,4)26-21)24-20-23-12-11-18(25-20)19-10-9-17(29-19)8-6-7-13-30(5,27)28/h9-12,16,26H,6-8,13-15H2,1-5H3,(H,23,24,25). The lowest BCUT2D eigenvalue weighted by Crippen LogP contribution is -2.60. The van der Waals surface area contributed by atoms with Crippen molar-refractivity contribution in [3.8, 4) is 10.6 Å². The summed E-state index contributed by atoms with van der Waals surface area (Å²) in [5, 5.41) is 7.25. The number of hydrogen-bond donors (Lipinski definition) is 2. The Morgan fingerprint density at radius 2 is 1.83 bits per heavy atom. The van der Waals surface area contributed by atoms with Gasteiger partial charge < -0.3 is 10.6 Å².